The van der Waals surface area contributed by atoms with Crippen LogP contribution in [0, 0.1) is 0 Å². The summed E-state index contributed by atoms with van der Waals surface area (Å²) in [6.45, 7) is 5.40. The van der Waals surface area contributed by atoms with Crippen molar-refractivity contribution in [3.05, 3.63) is 52.8 Å². The largest absolute Gasteiger partial charge is 0.492 e. The van der Waals surface area contributed by atoms with E-state index in [1.54, 1.807) is 23.8 Å². The molecule has 0 saturated carbocycles. The van der Waals surface area contributed by atoms with Crippen LogP contribution in [-0.4, -0.2) is 48.7 Å². The molecule has 34 heavy (non-hydrogen) atoms. The second kappa shape index (κ2) is 15.5. The number of amides is 1. The highest BCUT2D eigenvalue weighted by molar-refractivity contribution is 7.80. The average molecular weight is 505 g/mol. The normalized spacial score (nSPS) is 14.2. The fraction of sp³-hybridized carbons (Fsp3) is 0.520. The van der Waals surface area contributed by atoms with Crippen LogP contribution in [0.1, 0.15) is 49.2 Å². The summed E-state index contributed by atoms with van der Waals surface area (Å²) in [5.74, 6) is 1.86. The van der Waals surface area contributed by atoms with E-state index in [0.717, 1.165) is 30.9 Å². The number of likely N-dealkylation sites (tertiary alicyclic amines) is 1. The summed E-state index contributed by atoms with van der Waals surface area (Å²) >= 11 is 7.00. The zero-order chi connectivity index (χ0) is 23.8. The Kier molecular flexibility index (Phi) is 12.0. The molecule has 2 aromatic heterocycles. The minimum absolute atomic E-state index is 0.00384. The molecule has 0 atom stereocenters. The van der Waals surface area contributed by atoms with Gasteiger partial charge in [-0.3, -0.25) is 9.69 Å². The zero-order valence-corrected chi connectivity index (χ0v) is 21.4. The zero-order valence-electron chi connectivity index (χ0n) is 19.7. The molecule has 0 spiro atoms. The fourth-order valence-electron chi connectivity index (χ4n) is 3.68. The maximum absolute atomic E-state index is 11.9. The van der Waals surface area contributed by atoms with Gasteiger partial charge in [0.15, 0.2) is 5.11 Å². The van der Waals surface area contributed by atoms with Gasteiger partial charge in [-0.15, -0.1) is 11.3 Å². The van der Waals surface area contributed by atoms with E-state index < -0.39 is 0 Å². The Morgan fingerprint density at radius 1 is 1.24 bits per heavy atom. The lowest BCUT2D eigenvalue weighted by Crippen LogP contribution is -2.37. The fourth-order valence-corrected chi connectivity index (χ4v) is 4.73. The van der Waals surface area contributed by atoms with Crippen LogP contribution in [0.4, 0.5) is 0 Å². The molecule has 0 unspecified atom stereocenters. The first-order valence-electron chi connectivity index (χ1n) is 12.1. The lowest BCUT2D eigenvalue weighted by atomic mass is 10.1. The van der Waals surface area contributed by atoms with Crippen molar-refractivity contribution >= 4 is 34.6 Å². The Morgan fingerprint density at radius 2 is 2.09 bits per heavy atom. The molecule has 0 radical (unpaired) electrons. The lowest BCUT2D eigenvalue weighted by molar-refractivity contribution is -0.120. The van der Waals surface area contributed by atoms with Crippen molar-refractivity contribution in [1.82, 2.24) is 20.9 Å². The number of ether oxygens (including phenoxy) is 1. The van der Waals surface area contributed by atoms with E-state index in [4.69, 9.17) is 21.4 Å². The van der Waals surface area contributed by atoms with Gasteiger partial charge in [0.2, 0.25) is 5.91 Å². The number of nitrogens with one attached hydrogen (secondary N) is 3. The Hall–Kier alpha value is -2.36. The molecular weight excluding hydrogens is 468 g/mol. The van der Waals surface area contributed by atoms with Crippen LogP contribution in [0.15, 0.2) is 46.5 Å². The van der Waals surface area contributed by atoms with E-state index in [9.17, 15) is 4.79 Å². The summed E-state index contributed by atoms with van der Waals surface area (Å²) < 4.78 is 11.1. The molecule has 2 aromatic rings. The van der Waals surface area contributed by atoms with Crippen LogP contribution in [0.5, 0.6) is 5.75 Å². The molecule has 0 aliphatic carbocycles. The average Bonchev–Trinajstić information content (AvgIpc) is 3.52. The number of hydrogen-bond acceptors (Lipinski definition) is 6. The van der Waals surface area contributed by atoms with Crippen molar-refractivity contribution in [3.8, 4) is 5.75 Å². The summed E-state index contributed by atoms with van der Waals surface area (Å²) in [6.07, 6.45) is 12.0. The second-order valence-corrected chi connectivity index (χ2v) is 9.71. The van der Waals surface area contributed by atoms with Crippen LogP contribution in [-0.2, 0) is 17.8 Å². The number of piperidine rings is 1. The molecule has 1 aliphatic rings. The molecule has 3 rings (SSSR count). The van der Waals surface area contributed by atoms with Crippen molar-refractivity contribution in [3.63, 3.8) is 0 Å². The van der Waals surface area contributed by atoms with E-state index in [-0.39, 0.29) is 5.91 Å². The SMILES string of the molecule is O=C(CCCNC(=S)NCCc1ccco1)N/C=C\CCOc1csc(CN2CCCCC2)c1. The van der Waals surface area contributed by atoms with Gasteiger partial charge >= 0.3 is 0 Å². The summed E-state index contributed by atoms with van der Waals surface area (Å²) in [7, 11) is 0. The predicted octanol–water partition coefficient (Wildman–Crippen LogP) is 4.21. The van der Waals surface area contributed by atoms with Crippen LogP contribution in [0.3, 0.4) is 0 Å². The van der Waals surface area contributed by atoms with Gasteiger partial charge in [-0.1, -0.05) is 12.5 Å². The summed E-state index contributed by atoms with van der Waals surface area (Å²) in [6, 6.07) is 5.96. The molecule has 1 fully saturated rings. The van der Waals surface area contributed by atoms with Gasteiger partial charge in [-0.25, -0.2) is 0 Å². The smallest absolute Gasteiger partial charge is 0.223 e. The Balaban J connectivity index is 1.15. The van der Waals surface area contributed by atoms with Crippen LogP contribution in [0.25, 0.3) is 0 Å². The minimum atomic E-state index is -0.00384. The summed E-state index contributed by atoms with van der Waals surface area (Å²) in [4.78, 5) is 15.8. The molecule has 1 amide bonds. The number of furan rings is 1. The number of hydrogen-bond donors (Lipinski definition) is 3. The van der Waals surface area contributed by atoms with E-state index in [2.05, 4.69) is 32.3 Å². The first-order chi connectivity index (χ1) is 16.7. The third kappa shape index (κ3) is 10.7. The molecule has 0 aromatic carbocycles. The number of rotatable bonds is 14. The predicted molar refractivity (Wildman–Crippen MR) is 141 cm³/mol. The molecule has 1 aliphatic heterocycles. The van der Waals surface area contributed by atoms with Gasteiger partial charge < -0.3 is 25.1 Å². The standard InChI is InChI=1S/C25H36N4O3S2/c30-24(9-6-12-27-25(33)28-13-10-21-8-7-17-31-21)26-11-2-5-16-32-22-18-23(34-20-22)19-29-14-3-1-4-15-29/h2,7-8,11,17-18,20H,1,3-6,9-10,12-16,19H2,(H,26,30)(H2,27,28,33)/b11-2-. The van der Waals surface area contributed by atoms with E-state index >= 15 is 0 Å². The monoisotopic (exact) mass is 504 g/mol. The first kappa shape index (κ1) is 26.2. The minimum Gasteiger partial charge on any atom is -0.492 e. The van der Waals surface area contributed by atoms with Crippen molar-refractivity contribution in [2.45, 2.75) is 51.5 Å². The molecule has 7 nitrogen and oxygen atoms in total. The number of nitrogens with zero attached hydrogens (tertiary/aromatic N) is 1. The molecule has 9 heteroatoms. The van der Waals surface area contributed by atoms with Gasteiger partial charge in [0.1, 0.15) is 11.5 Å². The highest BCUT2D eigenvalue weighted by atomic mass is 32.1. The molecular formula is C25H36N4O3S2. The Labute approximate surface area is 211 Å². The van der Waals surface area contributed by atoms with Gasteiger partial charge in [0, 0.05) is 49.2 Å². The number of carbonyl (C=O) groups excluding carboxylic acids is 1. The topological polar surface area (TPSA) is 78.8 Å². The highest BCUT2D eigenvalue weighted by Gasteiger charge is 2.11. The van der Waals surface area contributed by atoms with Crippen molar-refractivity contribution in [2.75, 3.05) is 32.8 Å². The van der Waals surface area contributed by atoms with E-state index in [0.29, 0.717) is 37.7 Å². The molecule has 186 valence electrons. The quantitative estimate of drug-likeness (QED) is 0.263. The van der Waals surface area contributed by atoms with Crippen LogP contribution < -0.4 is 20.7 Å². The summed E-state index contributed by atoms with van der Waals surface area (Å²) in [5.41, 5.74) is 0. The van der Waals surface area contributed by atoms with Gasteiger partial charge in [-0.05, 0) is 69.0 Å². The van der Waals surface area contributed by atoms with Crippen LogP contribution >= 0.6 is 23.6 Å². The lowest BCUT2D eigenvalue weighted by Gasteiger charge is -2.25. The number of carbonyl (C=O) groups is 1. The molecule has 1 saturated heterocycles. The van der Waals surface area contributed by atoms with Crippen molar-refractivity contribution in [1.29, 1.82) is 0 Å². The number of thiophene rings is 1. The second-order valence-electron chi connectivity index (χ2n) is 8.31. The van der Waals surface area contributed by atoms with Crippen molar-refractivity contribution < 1.29 is 13.9 Å². The third-order valence-electron chi connectivity index (χ3n) is 5.48. The summed E-state index contributed by atoms with van der Waals surface area (Å²) in [5, 5.41) is 11.7. The third-order valence-corrected chi connectivity index (χ3v) is 6.67. The van der Waals surface area contributed by atoms with E-state index in [1.807, 2.05) is 18.2 Å². The first-order valence-corrected chi connectivity index (χ1v) is 13.4. The molecule has 3 heterocycles. The maximum atomic E-state index is 11.9. The van der Waals surface area contributed by atoms with Gasteiger partial charge in [0.25, 0.3) is 0 Å². The highest BCUT2D eigenvalue weighted by Crippen LogP contribution is 2.24. The van der Waals surface area contributed by atoms with Crippen LogP contribution in [0.2, 0.25) is 0 Å². The molecule has 3 N–H and O–H groups in total. The van der Waals surface area contributed by atoms with E-state index in [1.165, 1.54) is 37.2 Å². The van der Waals surface area contributed by atoms with Gasteiger partial charge in [-0.2, -0.15) is 0 Å². The Morgan fingerprint density at radius 3 is 2.91 bits per heavy atom. The maximum Gasteiger partial charge on any atom is 0.223 e. The molecule has 0 bridgehead atoms. The Bertz CT molecular complexity index is 877. The number of thiocarbonyl (C=S) groups is 1. The van der Waals surface area contributed by atoms with Gasteiger partial charge in [0.05, 0.1) is 12.9 Å². The van der Waals surface area contributed by atoms with Crippen molar-refractivity contribution in [2.24, 2.45) is 0 Å².